The van der Waals surface area contributed by atoms with Crippen LogP contribution in [0.1, 0.15) is 51.9 Å². The van der Waals surface area contributed by atoms with Crippen molar-refractivity contribution in [2.45, 2.75) is 64.0 Å². The number of hydrogen-bond acceptors (Lipinski definition) is 2. The Labute approximate surface area is 98.0 Å². The number of nitrogens with one attached hydrogen (secondary N) is 2. The number of aliphatic imine (C=N–C) groups is 1. The highest BCUT2D eigenvalue weighted by Gasteiger charge is 2.26. The van der Waals surface area contributed by atoms with Crippen molar-refractivity contribution in [2.24, 2.45) is 16.8 Å². The molecule has 4 nitrogen and oxygen atoms in total. The molecule has 2 saturated carbocycles. The molecular formula is C12H24N4. The maximum Gasteiger partial charge on any atom is 0.206 e. The summed E-state index contributed by atoms with van der Waals surface area (Å²) in [5.74, 6) is 7.06. The van der Waals surface area contributed by atoms with Crippen LogP contribution in [-0.4, -0.2) is 18.0 Å². The minimum absolute atomic E-state index is 0.469. The minimum atomic E-state index is 0.469. The molecule has 0 saturated heterocycles. The molecule has 2 fully saturated rings. The second kappa shape index (κ2) is 5.53. The Bertz CT molecular complexity index is 247. The van der Waals surface area contributed by atoms with E-state index in [2.05, 4.69) is 17.7 Å². The van der Waals surface area contributed by atoms with E-state index in [1.165, 1.54) is 44.9 Å². The SMILES string of the molecule is CCC1CCCCC1N=C(NN)NC1CC1. The van der Waals surface area contributed by atoms with Crippen LogP contribution < -0.4 is 16.6 Å². The molecule has 0 amide bonds. The molecular weight excluding hydrogens is 200 g/mol. The van der Waals surface area contributed by atoms with Gasteiger partial charge in [-0.05, 0) is 31.6 Å². The molecule has 0 spiro atoms. The Morgan fingerprint density at radius 3 is 2.62 bits per heavy atom. The first-order valence-corrected chi connectivity index (χ1v) is 6.64. The second-order valence-corrected chi connectivity index (χ2v) is 5.06. The molecule has 2 atom stereocenters. The van der Waals surface area contributed by atoms with E-state index in [-0.39, 0.29) is 0 Å². The second-order valence-electron chi connectivity index (χ2n) is 5.06. The summed E-state index contributed by atoms with van der Waals surface area (Å²) in [6, 6.07) is 1.08. The van der Waals surface area contributed by atoms with Crippen LogP contribution in [0, 0.1) is 5.92 Å². The van der Waals surface area contributed by atoms with Gasteiger partial charge in [-0.1, -0.05) is 26.2 Å². The molecule has 2 rings (SSSR count). The summed E-state index contributed by atoms with van der Waals surface area (Å²) in [6.07, 6.45) is 8.96. The summed E-state index contributed by atoms with van der Waals surface area (Å²) in [4.78, 5) is 4.76. The molecule has 0 aromatic heterocycles. The van der Waals surface area contributed by atoms with Crippen molar-refractivity contribution in [3.05, 3.63) is 0 Å². The molecule has 0 aromatic rings. The van der Waals surface area contributed by atoms with E-state index >= 15 is 0 Å². The topological polar surface area (TPSA) is 62.4 Å². The third-order valence-corrected chi connectivity index (χ3v) is 3.74. The van der Waals surface area contributed by atoms with Crippen molar-refractivity contribution in [3.8, 4) is 0 Å². The zero-order chi connectivity index (χ0) is 11.4. The predicted molar refractivity (Wildman–Crippen MR) is 67.0 cm³/mol. The summed E-state index contributed by atoms with van der Waals surface area (Å²) < 4.78 is 0. The van der Waals surface area contributed by atoms with E-state index in [0.717, 1.165) is 11.9 Å². The molecule has 4 heteroatoms. The molecule has 0 aliphatic heterocycles. The highest BCUT2D eigenvalue weighted by atomic mass is 15.3. The van der Waals surface area contributed by atoms with Crippen molar-refractivity contribution in [1.29, 1.82) is 0 Å². The van der Waals surface area contributed by atoms with E-state index in [0.29, 0.717) is 12.1 Å². The lowest BCUT2D eigenvalue weighted by Crippen LogP contribution is -2.44. The highest BCUT2D eigenvalue weighted by Crippen LogP contribution is 2.29. The Balaban J connectivity index is 1.93. The van der Waals surface area contributed by atoms with Crippen molar-refractivity contribution >= 4 is 5.96 Å². The average molecular weight is 224 g/mol. The Morgan fingerprint density at radius 2 is 2.00 bits per heavy atom. The fourth-order valence-electron chi connectivity index (χ4n) is 2.54. The normalized spacial score (nSPS) is 31.2. The number of guanidine groups is 1. The predicted octanol–water partition coefficient (Wildman–Crippen LogP) is 1.53. The van der Waals surface area contributed by atoms with Gasteiger partial charge in [0.1, 0.15) is 0 Å². The summed E-state index contributed by atoms with van der Waals surface area (Å²) in [7, 11) is 0. The number of hydrazine groups is 1. The van der Waals surface area contributed by atoms with Crippen molar-refractivity contribution in [1.82, 2.24) is 10.7 Å². The quantitative estimate of drug-likeness (QED) is 0.295. The zero-order valence-corrected chi connectivity index (χ0v) is 10.2. The summed E-state index contributed by atoms with van der Waals surface area (Å²) >= 11 is 0. The molecule has 16 heavy (non-hydrogen) atoms. The number of rotatable bonds is 3. The number of hydrogen-bond donors (Lipinski definition) is 3. The van der Waals surface area contributed by atoms with E-state index < -0.39 is 0 Å². The summed E-state index contributed by atoms with van der Waals surface area (Å²) in [5.41, 5.74) is 2.70. The molecule has 2 unspecified atom stereocenters. The Morgan fingerprint density at radius 1 is 1.25 bits per heavy atom. The van der Waals surface area contributed by atoms with Gasteiger partial charge < -0.3 is 5.32 Å². The fourth-order valence-corrected chi connectivity index (χ4v) is 2.54. The Kier molecular flexibility index (Phi) is 4.04. The molecule has 2 aliphatic carbocycles. The summed E-state index contributed by atoms with van der Waals surface area (Å²) in [5, 5.41) is 3.35. The third-order valence-electron chi connectivity index (χ3n) is 3.74. The molecule has 0 heterocycles. The van der Waals surface area contributed by atoms with Gasteiger partial charge in [0.05, 0.1) is 6.04 Å². The number of nitrogens with two attached hydrogens (primary N) is 1. The Hall–Kier alpha value is -0.770. The van der Waals surface area contributed by atoms with Crippen LogP contribution >= 0.6 is 0 Å². The van der Waals surface area contributed by atoms with Gasteiger partial charge in [0, 0.05) is 6.04 Å². The van der Waals surface area contributed by atoms with Crippen LogP contribution in [0.4, 0.5) is 0 Å². The molecule has 92 valence electrons. The number of nitrogens with zero attached hydrogens (tertiary/aromatic N) is 1. The van der Waals surface area contributed by atoms with Crippen LogP contribution in [0.3, 0.4) is 0 Å². The zero-order valence-electron chi connectivity index (χ0n) is 10.2. The van der Waals surface area contributed by atoms with Crippen molar-refractivity contribution < 1.29 is 0 Å². The summed E-state index contributed by atoms with van der Waals surface area (Å²) in [6.45, 7) is 2.27. The van der Waals surface area contributed by atoms with Gasteiger partial charge in [-0.25, -0.2) is 10.8 Å². The van der Waals surface area contributed by atoms with Crippen molar-refractivity contribution in [2.75, 3.05) is 0 Å². The first-order chi connectivity index (χ1) is 7.83. The van der Waals surface area contributed by atoms with Gasteiger partial charge in [-0.2, -0.15) is 0 Å². The van der Waals surface area contributed by atoms with Crippen molar-refractivity contribution in [3.63, 3.8) is 0 Å². The van der Waals surface area contributed by atoms with E-state index in [4.69, 9.17) is 10.8 Å². The molecule has 0 bridgehead atoms. The fraction of sp³-hybridized carbons (Fsp3) is 0.917. The first kappa shape index (κ1) is 11.7. The molecule has 4 N–H and O–H groups in total. The highest BCUT2D eigenvalue weighted by molar-refractivity contribution is 5.80. The van der Waals surface area contributed by atoms with Gasteiger partial charge in [-0.15, -0.1) is 0 Å². The van der Waals surface area contributed by atoms with Crippen LogP contribution in [0.25, 0.3) is 0 Å². The lowest BCUT2D eigenvalue weighted by atomic mass is 9.83. The van der Waals surface area contributed by atoms with Gasteiger partial charge in [0.2, 0.25) is 5.96 Å². The molecule has 0 aromatic carbocycles. The van der Waals surface area contributed by atoms with Gasteiger partial charge in [0.25, 0.3) is 0 Å². The molecule has 0 radical (unpaired) electrons. The maximum atomic E-state index is 5.51. The van der Waals surface area contributed by atoms with Gasteiger partial charge in [-0.3, -0.25) is 5.43 Å². The standard InChI is InChI=1S/C12H24N4/c1-2-9-5-3-4-6-11(9)15-12(16-13)14-10-7-8-10/h9-11H,2-8,13H2,1H3,(H2,14,15,16). The first-order valence-electron chi connectivity index (χ1n) is 6.64. The lowest BCUT2D eigenvalue weighted by molar-refractivity contribution is 0.301. The third kappa shape index (κ3) is 3.11. The van der Waals surface area contributed by atoms with Gasteiger partial charge >= 0.3 is 0 Å². The monoisotopic (exact) mass is 224 g/mol. The van der Waals surface area contributed by atoms with E-state index in [1.807, 2.05) is 0 Å². The van der Waals surface area contributed by atoms with Gasteiger partial charge in [0.15, 0.2) is 0 Å². The van der Waals surface area contributed by atoms with Crippen LogP contribution in [-0.2, 0) is 0 Å². The molecule has 2 aliphatic rings. The lowest BCUT2D eigenvalue weighted by Gasteiger charge is -2.28. The minimum Gasteiger partial charge on any atom is -0.353 e. The van der Waals surface area contributed by atoms with Crippen LogP contribution in [0.2, 0.25) is 0 Å². The van der Waals surface area contributed by atoms with Crippen LogP contribution in [0.15, 0.2) is 4.99 Å². The smallest absolute Gasteiger partial charge is 0.206 e. The maximum absolute atomic E-state index is 5.51. The van der Waals surface area contributed by atoms with E-state index in [1.54, 1.807) is 0 Å². The van der Waals surface area contributed by atoms with Crippen LogP contribution in [0.5, 0.6) is 0 Å². The average Bonchev–Trinajstić information content (AvgIpc) is 3.13. The largest absolute Gasteiger partial charge is 0.353 e. The van der Waals surface area contributed by atoms with E-state index in [9.17, 15) is 0 Å².